The Morgan fingerprint density at radius 1 is 1.32 bits per heavy atom. The maximum Gasteiger partial charge on any atom is 0.253 e. The average molecular weight is 366 g/mol. The van der Waals surface area contributed by atoms with Crippen molar-refractivity contribution in [1.82, 2.24) is 10.2 Å². The second-order valence-electron chi connectivity index (χ2n) is 7.17. The molecule has 0 aliphatic carbocycles. The van der Waals surface area contributed by atoms with Gasteiger partial charge in [0.05, 0.1) is 5.92 Å². The fourth-order valence-corrected chi connectivity index (χ4v) is 3.38. The van der Waals surface area contributed by atoms with Crippen LogP contribution in [0.1, 0.15) is 43.5 Å². The van der Waals surface area contributed by atoms with E-state index in [9.17, 15) is 9.59 Å². The van der Waals surface area contributed by atoms with Crippen LogP contribution in [0.4, 0.5) is 0 Å². The van der Waals surface area contributed by atoms with Crippen molar-refractivity contribution in [2.24, 2.45) is 17.6 Å². The van der Waals surface area contributed by atoms with Crippen molar-refractivity contribution in [3.63, 3.8) is 0 Å². The quantitative estimate of drug-likeness (QED) is 0.813. The van der Waals surface area contributed by atoms with Gasteiger partial charge in [0, 0.05) is 36.3 Å². The molecule has 1 aromatic rings. The zero-order valence-corrected chi connectivity index (χ0v) is 15.8. The Morgan fingerprint density at radius 3 is 2.60 bits per heavy atom. The zero-order valence-electron chi connectivity index (χ0n) is 15.0. The fraction of sp³-hybridized carbons (Fsp3) is 0.579. The minimum atomic E-state index is -0.175. The van der Waals surface area contributed by atoms with E-state index in [-0.39, 0.29) is 23.8 Å². The van der Waals surface area contributed by atoms with E-state index in [1.54, 1.807) is 29.2 Å². The van der Waals surface area contributed by atoms with E-state index in [2.05, 4.69) is 19.2 Å². The molecule has 1 heterocycles. The highest BCUT2D eigenvalue weighted by Gasteiger charge is 2.29. The van der Waals surface area contributed by atoms with Gasteiger partial charge in [0.2, 0.25) is 5.91 Å². The van der Waals surface area contributed by atoms with Crippen LogP contribution in [0, 0.1) is 11.8 Å². The van der Waals surface area contributed by atoms with Gasteiger partial charge in [-0.05, 0) is 49.4 Å². The van der Waals surface area contributed by atoms with Crippen LogP contribution in [-0.2, 0) is 4.79 Å². The van der Waals surface area contributed by atoms with E-state index < -0.39 is 0 Å². The number of benzene rings is 1. The number of piperidine rings is 1. The molecule has 1 aromatic carbocycles. The van der Waals surface area contributed by atoms with Gasteiger partial charge in [0.15, 0.2) is 0 Å². The molecule has 0 bridgehead atoms. The Labute approximate surface area is 154 Å². The molecule has 0 radical (unpaired) electrons. The fourth-order valence-electron chi connectivity index (χ4n) is 3.25. The summed E-state index contributed by atoms with van der Waals surface area (Å²) < 4.78 is 0. The summed E-state index contributed by atoms with van der Waals surface area (Å²) in [6.07, 6.45) is 2.49. The van der Waals surface area contributed by atoms with Crippen LogP contribution >= 0.6 is 11.6 Å². The van der Waals surface area contributed by atoms with Gasteiger partial charge in [-0.3, -0.25) is 9.59 Å². The highest BCUT2D eigenvalue weighted by atomic mass is 35.5. The third kappa shape index (κ3) is 5.72. The van der Waals surface area contributed by atoms with Gasteiger partial charge in [0.25, 0.3) is 5.91 Å². The number of halogens is 1. The van der Waals surface area contributed by atoms with Crippen LogP contribution in [0.5, 0.6) is 0 Å². The molecule has 1 fully saturated rings. The van der Waals surface area contributed by atoms with Crippen LogP contribution in [0.25, 0.3) is 0 Å². The van der Waals surface area contributed by atoms with Gasteiger partial charge in [0.1, 0.15) is 0 Å². The van der Waals surface area contributed by atoms with E-state index in [4.69, 9.17) is 17.3 Å². The molecule has 5 nitrogen and oxygen atoms in total. The summed E-state index contributed by atoms with van der Waals surface area (Å²) in [6, 6.07) is 6.86. The van der Waals surface area contributed by atoms with E-state index in [0.717, 1.165) is 19.3 Å². The number of hydrogen-bond donors (Lipinski definition) is 2. The Morgan fingerprint density at radius 2 is 2.00 bits per heavy atom. The lowest BCUT2D eigenvalue weighted by molar-refractivity contribution is -0.127. The second kappa shape index (κ2) is 9.20. The summed E-state index contributed by atoms with van der Waals surface area (Å²) in [5, 5.41) is 3.66. The molecule has 1 saturated heterocycles. The minimum absolute atomic E-state index is 0.00436. The van der Waals surface area contributed by atoms with Gasteiger partial charge in [-0.1, -0.05) is 25.4 Å². The van der Waals surface area contributed by atoms with Crippen LogP contribution in [-0.4, -0.2) is 42.4 Å². The van der Waals surface area contributed by atoms with Crippen LogP contribution in [0.15, 0.2) is 24.3 Å². The number of rotatable bonds is 6. The zero-order chi connectivity index (χ0) is 18.4. The molecule has 1 aliphatic rings. The number of nitrogens with one attached hydrogen (secondary N) is 1. The topological polar surface area (TPSA) is 75.4 Å². The van der Waals surface area contributed by atoms with Crippen molar-refractivity contribution in [1.29, 1.82) is 0 Å². The molecule has 2 unspecified atom stereocenters. The maximum atomic E-state index is 12.6. The molecule has 25 heavy (non-hydrogen) atoms. The highest BCUT2D eigenvalue weighted by Crippen LogP contribution is 2.20. The molecule has 0 saturated carbocycles. The smallest absolute Gasteiger partial charge is 0.253 e. The number of likely N-dealkylation sites (tertiary alicyclic amines) is 1. The number of nitrogens with zero attached hydrogens (tertiary/aromatic N) is 1. The molecule has 2 amide bonds. The van der Waals surface area contributed by atoms with E-state index >= 15 is 0 Å². The summed E-state index contributed by atoms with van der Waals surface area (Å²) in [7, 11) is 0. The summed E-state index contributed by atoms with van der Waals surface area (Å²) in [5.74, 6) is 0.255. The van der Waals surface area contributed by atoms with Crippen molar-refractivity contribution in [2.75, 3.05) is 19.6 Å². The molecule has 138 valence electrons. The molecule has 2 atom stereocenters. The third-order valence-corrected chi connectivity index (χ3v) is 4.81. The summed E-state index contributed by atoms with van der Waals surface area (Å²) in [4.78, 5) is 27.0. The molecule has 3 N–H and O–H groups in total. The first-order valence-electron chi connectivity index (χ1n) is 8.96. The number of amides is 2. The average Bonchev–Trinajstić information content (AvgIpc) is 2.60. The third-order valence-electron chi connectivity index (χ3n) is 4.56. The van der Waals surface area contributed by atoms with Crippen molar-refractivity contribution in [2.45, 2.75) is 39.2 Å². The highest BCUT2D eigenvalue weighted by molar-refractivity contribution is 6.30. The number of carbonyl (C=O) groups is 2. The van der Waals surface area contributed by atoms with Gasteiger partial charge in [-0.2, -0.15) is 0 Å². The molecule has 0 aromatic heterocycles. The van der Waals surface area contributed by atoms with Gasteiger partial charge < -0.3 is 16.0 Å². The van der Waals surface area contributed by atoms with Crippen LogP contribution in [0.3, 0.4) is 0 Å². The van der Waals surface area contributed by atoms with Gasteiger partial charge in [-0.15, -0.1) is 0 Å². The lowest BCUT2D eigenvalue weighted by Gasteiger charge is -2.33. The summed E-state index contributed by atoms with van der Waals surface area (Å²) in [5.41, 5.74) is 6.37. The first-order chi connectivity index (χ1) is 11.9. The van der Waals surface area contributed by atoms with Crippen molar-refractivity contribution >= 4 is 23.4 Å². The lowest BCUT2D eigenvalue weighted by Crippen LogP contribution is -2.49. The van der Waals surface area contributed by atoms with Gasteiger partial charge in [-0.25, -0.2) is 0 Å². The lowest BCUT2D eigenvalue weighted by atomic mass is 9.95. The Hall–Kier alpha value is -1.59. The minimum Gasteiger partial charge on any atom is -0.352 e. The van der Waals surface area contributed by atoms with Crippen LogP contribution in [0.2, 0.25) is 5.02 Å². The van der Waals surface area contributed by atoms with Gasteiger partial charge >= 0.3 is 0 Å². The summed E-state index contributed by atoms with van der Waals surface area (Å²) in [6.45, 7) is 5.79. The van der Waals surface area contributed by atoms with E-state index in [1.165, 1.54) is 0 Å². The Bertz CT molecular complexity index is 589. The maximum absolute atomic E-state index is 12.6. The van der Waals surface area contributed by atoms with Crippen molar-refractivity contribution in [3.8, 4) is 0 Å². The Balaban J connectivity index is 1.96. The molecule has 1 aliphatic heterocycles. The van der Waals surface area contributed by atoms with Crippen molar-refractivity contribution in [3.05, 3.63) is 34.9 Å². The molecule has 2 rings (SSSR count). The molecule has 6 heteroatoms. The number of carbonyl (C=O) groups excluding carboxylic acids is 2. The Kier molecular flexibility index (Phi) is 7.26. The molecular formula is C19H28ClN3O2. The van der Waals surface area contributed by atoms with E-state index in [0.29, 0.717) is 36.1 Å². The second-order valence-corrected chi connectivity index (χ2v) is 7.60. The first-order valence-corrected chi connectivity index (χ1v) is 9.33. The monoisotopic (exact) mass is 365 g/mol. The predicted octanol–water partition coefficient (Wildman–Crippen LogP) is 2.68. The SMILES string of the molecule is CC(C)CC(CN)NC(=O)C1CCCN(C(=O)c2ccc(Cl)cc2)C1. The normalized spacial score (nSPS) is 18.9. The first kappa shape index (κ1) is 19.7. The summed E-state index contributed by atoms with van der Waals surface area (Å²) >= 11 is 5.88. The molecular weight excluding hydrogens is 338 g/mol. The number of nitrogens with two attached hydrogens (primary N) is 1. The van der Waals surface area contributed by atoms with E-state index in [1.807, 2.05) is 0 Å². The largest absolute Gasteiger partial charge is 0.352 e. The predicted molar refractivity (Wildman–Crippen MR) is 101 cm³/mol. The number of hydrogen-bond acceptors (Lipinski definition) is 3. The molecule has 0 spiro atoms. The van der Waals surface area contributed by atoms with Crippen molar-refractivity contribution < 1.29 is 9.59 Å². The van der Waals surface area contributed by atoms with Crippen LogP contribution < -0.4 is 11.1 Å². The standard InChI is InChI=1S/C19H28ClN3O2/c1-13(2)10-17(11-21)22-18(24)15-4-3-9-23(12-15)19(25)14-5-7-16(20)8-6-14/h5-8,13,15,17H,3-4,9-12,21H2,1-2H3,(H,22,24).